The van der Waals surface area contributed by atoms with E-state index in [-0.39, 0.29) is 17.1 Å². The lowest BCUT2D eigenvalue weighted by Gasteiger charge is -2.03. The van der Waals surface area contributed by atoms with E-state index < -0.39 is 27.0 Å². The highest BCUT2D eigenvalue weighted by molar-refractivity contribution is 5.76. The van der Waals surface area contributed by atoms with Crippen LogP contribution in [0.25, 0.3) is 5.57 Å². The number of nitrogens with zero attached hydrogens (tertiary/aromatic N) is 6. The van der Waals surface area contributed by atoms with Crippen LogP contribution in [-0.2, 0) is 0 Å². The molecule has 1 heterocycles. The van der Waals surface area contributed by atoms with Crippen LogP contribution in [0.1, 0.15) is 5.82 Å². The van der Waals surface area contributed by atoms with Gasteiger partial charge in [-0.1, -0.05) is 0 Å². The monoisotopic (exact) mass is 320 g/mol. The van der Waals surface area contributed by atoms with Crippen molar-refractivity contribution in [1.29, 1.82) is 5.26 Å². The Kier molecular flexibility index (Phi) is 4.17. The van der Waals surface area contributed by atoms with E-state index in [0.717, 1.165) is 6.20 Å². The number of rotatable bonds is 5. The number of aromatic amines is 1. The van der Waals surface area contributed by atoms with E-state index in [1.807, 2.05) is 0 Å². The van der Waals surface area contributed by atoms with Gasteiger partial charge in [-0.2, -0.15) is 14.9 Å². The number of anilines is 1. The molecule has 0 unspecified atom stereocenters. The van der Waals surface area contributed by atoms with Crippen LogP contribution >= 0.6 is 0 Å². The summed E-state index contributed by atoms with van der Waals surface area (Å²) in [4.78, 5) is 19.6. The molecule has 0 saturated carbocycles. The van der Waals surface area contributed by atoms with Gasteiger partial charge in [0.2, 0.25) is 11.6 Å². The molecule has 0 amide bonds. The summed E-state index contributed by atoms with van der Waals surface area (Å²) in [7, 11) is 0. The second-order valence-corrected chi connectivity index (χ2v) is 3.88. The van der Waals surface area contributed by atoms with E-state index >= 15 is 0 Å². The van der Waals surface area contributed by atoms with E-state index in [0.29, 0.717) is 12.1 Å². The Morgan fingerprint density at radius 2 is 2.04 bits per heavy atom. The van der Waals surface area contributed by atoms with Crippen LogP contribution in [0.5, 0.6) is 0 Å². The summed E-state index contributed by atoms with van der Waals surface area (Å²) in [6.45, 7) is 0. The number of nitro groups is 2. The Labute approximate surface area is 125 Å². The van der Waals surface area contributed by atoms with Crippen LogP contribution < -0.4 is 5.32 Å². The molecule has 0 aliphatic carbocycles. The molecule has 2 N–H and O–H groups in total. The highest BCUT2D eigenvalue weighted by Crippen LogP contribution is 2.32. The van der Waals surface area contributed by atoms with Crippen molar-refractivity contribution >= 4 is 22.6 Å². The molecule has 0 saturated heterocycles. The lowest BCUT2D eigenvalue weighted by Crippen LogP contribution is -2.01. The SMILES string of the molecule is N#CC(=CNc1cc(F)c([N+](=O)[O-])cc1[N+](=O)[O-])c1nn[nH]n1. The predicted octanol–water partition coefficient (Wildman–Crippen LogP) is 1.13. The van der Waals surface area contributed by atoms with Crippen LogP contribution in [0, 0.1) is 37.4 Å². The molecule has 12 nitrogen and oxygen atoms in total. The Balaban J connectivity index is 2.43. The van der Waals surface area contributed by atoms with E-state index in [1.54, 1.807) is 6.07 Å². The van der Waals surface area contributed by atoms with Gasteiger partial charge in [-0.25, -0.2) is 0 Å². The van der Waals surface area contributed by atoms with Crippen molar-refractivity contribution < 1.29 is 14.2 Å². The van der Waals surface area contributed by atoms with Gasteiger partial charge in [0.1, 0.15) is 17.3 Å². The van der Waals surface area contributed by atoms with Crippen molar-refractivity contribution in [3.05, 3.63) is 50.2 Å². The number of nitro benzene ring substituents is 2. The third kappa shape index (κ3) is 3.21. The van der Waals surface area contributed by atoms with Crippen molar-refractivity contribution in [3.8, 4) is 6.07 Å². The molecule has 0 atom stereocenters. The van der Waals surface area contributed by atoms with Crippen LogP contribution in [0.2, 0.25) is 0 Å². The fourth-order valence-corrected chi connectivity index (χ4v) is 1.53. The Morgan fingerprint density at radius 3 is 2.57 bits per heavy atom. The minimum atomic E-state index is -1.27. The second-order valence-electron chi connectivity index (χ2n) is 3.88. The summed E-state index contributed by atoms with van der Waals surface area (Å²) >= 11 is 0. The maximum atomic E-state index is 13.6. The average molecular weight is 320 g/mol. The van der Waals surface area contributed by atoms with Gasteiger partial charge in [-0.3, -0.25) is 20.2 Å². The number of nitrogens with one attached hydrogen (secondary N) is 2. The number of hydrogen-bond donors (Lipinski definition) is 2. The minimum absolute atomic E-state index is 0.0926. The van der Waals surface area contributed by atoms with Crippen LogP contribution in [0.15, 0.2) is 18.3 Å². The zero-order valence-electron chi connectivity index (χ0n) is 10.9. The zero-order valence-corrected chi connectivity index (χ0v) is 10.9. The molecular weight excluding hydrogens is 315 g/mol. The molecule has 23 heavy (non-hydrogen) atoms. The summed E-state index contributed by atoms with van der Waals surface area (Å²) in [6, 6.07) is 2.77. The normalized spacial score (nSPS) is 10.9. The first-order valence-corrected chi connectivity index (χ1v) is 5.67. The highest BCUT2D eigenvalue weighted by Gasteiger charge is 2.24. The lowest BCUT2D eigenvalue weighted by molar-refractivity contribution is -0.395. The smallest absolute Gasteiger partial charge is 0.311 e. The molecule has 0 bridgehead atoms. The molecule has 0 spiro atoms. The van der Waals surface area contributed by atoms with Crippen molar-refractivity contribution in [2.75, 3.05) is 5.32 Å². The van der Waals surface area contributed by atoms with Gasteiger partial charge in [0.15, 0.2) is 0 Å². The first-order chi connectivity index (χ1) is 10.9. The Bertz CT molecular complexity index is 841. The molecular formula is C10H5FN8O4. The fraction of sp³-hybridized carbons (Fsp3) is 0. The third-order valence-electron chi connectivity index (χ3n) is 2.54. The molecule has 13 heteroatoms. The van der Waals surface area contributed by atoms with Gasteiger partial charge in [0.25, 0.3) is 5.69 Å². The molecule has 0 radical (unpaired) electrons. The molecule has 0 fully saturated rings. The standard InChI is InChI=1S/C10H5FN8O4/c11-6-1-7(9(19(22)23)2-8(6)18(20)21)13-4-5(3-12)10-14-16-17-15-10/h1-2,4,13H,(H,14,15,16,17). The number of aromatic nitrogens is 4. The van der Waals surface area contributed by atoms with E-state index in [4.69, 9.17) is 5.26 Å². The summed E-state index contributed by atoms with van der Waals surface area (Å²) < 4.78 is 13.6. The molecule has 1 aromatic carbocycles. The largest absolute Gasteiger partial charge is 0.355 e. The third-order valence-corrected chi connectivity index (χ3v) is 2.54. The number of benzene rings is 1. The number of nitriles is 1. The number of tetrazole rings is 1. The Morgan fingerprint density at radius 1 is 1.35 bits per heavy atom. The Hall–Kier alpha value is -3.95. The van der Waals surface area contributed by atoms with E-state index in [2.05, 4.69) is 25.9 Å². The van der Waals surface area contributed by atoms with Gasteiger partial charge in [0, 0.05) is 12.3 Å². The number of hydrogen-bond acceptors (Lipinski definition) is 9. The molecule has 1 aromatic heterocycles. The van der Waals surface area contributed by atoms with Gasteiger partial charge < -0.3 is 5.32 Å². The van der Waals surface area contributed by atoms with E-state index in [1.165, 1.54) is 0 Å². The summed E-state index contributed by atoms with van der Waals surface area (Å²) in [5, 5.41) is 45.3. The van der Waals surface area contributed by atoms with Gasteiger partial charge in [0.05, 0.1) is 15.9 Å². The first kappa shape index (κ1) is 15.4. The summed E-state index contributed by atoms with van der Waals surface area (Å²) in [6.07, 6.45) is 0.985. The predicted molar refractivity (Wildman–Crippen MR) is 71.1 cm³/mol. The number of H-pyrrole nitrogens is 1. The van der Waals surface area contributed by atoms with Crippen LogP contribution in [0.4, 0.5) is 21.5 Å². The second kappa shape index (κ2) is 6.22. The maximum absolute atomic E-state index is 13.6. The van der Waals surface area contributed by atoms with Gasteiger partial charge >= 0.3 is 5.69 Å². The topological polar surface area (TPSA) is 177 Å². The van der Waals surface area contributed by atoms with Gasteiger partial charge in [-0.05, 0) is 5.21 Å². The average Bonchev–Trinajstić information content (AvgIpc) is 3.01. The van der Waals surface area contributed by atoms with E-state index in [9.17, 15) is 24.6 Å². The first-order valence-electron chi connectivity index (χ1n) is 5.67. The minimum Gasteiger partial charge on any atom is -0.355 e. The summed E-state index contributed by atoms with van der Waals surface area (Å²) in [5.41, 5.74) is -2.30. The van der Waals surface area contributed by atoms with Crippen LogP contribution in [0.3, 0.4) is 0 Å². The van der Waals surface area contributed by atoms with Gasteiger partial charge in [-0.15, -0.1) is 10.2 Å². The quantitative estimate of drug-likeness (QED) is 0.464. The number of halogens is 1. The van der Waals surface area contributed by atoms with Crippen molar-refractivity contribution in [2.24, 2.45) is 0 Å². The molecule has 2 rings (SSSR count). The molecule has 0 aliphatic rings. The fourth-order valence-electron chi connectivity index (χ4n) is 1.53. The highest BCUT2D eigenvalue weighted by atomic mass is 19.1. The van der Waals surface area contributed by atoms with Crippen molar-refractivity contribution in [1.82, 2.24) is 20.6 Å². The molecule has 116 valence electrons. The molecule has 2 aromatic rings. The summed E-state index contributed by atoms with van der Waals surface area (Å²) in [5.74, 6) is -1.36. The lowest BCUT2D eigenvalue weighted by atomic mass is 10.2. The number of allylic oxidation sites excluding steroid dienone is 1. The van der Waals surface area contributed by atoms with Crippen LogP contribution in [-0.4, -0.2) is 30.5 Å². The van der Waals surface area contributed by atoms with Crippen molar-refractivity contribution in [2.45, 2.75) is 0 Å². The van der Waals surface area contributed by atoms with Crippen molar-refractivity contribution in [3.63, 3.8) is 0 Å². The zero-order chi connectivity index (χ0) is 17.0. The molecule has 0 aliphatic heterocycles. The maximum Gasteiger partial charge on any atom is 0.311 e.